The van der Waals surface area contributed by atoms with E-state index in [1.54, 1.807) is 26.8 Å². The minimum absolute atomic E-state index is 0.000207. The van der Waals surface area contributed by atoms with E-state index in [0.717, 1.165) is 32.1 Å². The Bertz CT molecular complexity index is 1540. The van der Waals surface area contributed by atoms with Crippen molar-refractivity contribution in [3.05, 3.63) is 45.1 Å². The van der Waals surface area contributed by atoms with Crippen molar-refractivity contribution in [2.24, 2.45) is 18.4 Å². The Kier molecular flexibility index (Phi) is 7.60. The Labute approximate surface area is 244 Å². The molecule has 2 saturated carbocycles. The number of anilines is 1. The first-order chi connectivity index (χ1) is 19.7. The van der Waals surface area contributed by atoms with Crippen molar-refractivity contribution < 1.29 is 28.9 Å². The van der Waals surface area contributed by atoms with E-state index in [4.69, 9.17) is 11.2 Å². The molecule has 2 heterocycles. The van der Waals surface area contributed by atoms with Crippen LogP contribution in [0.4, 0.5) is 10.1 Å². The molecule has 1 atom stereocenters. The molecule has 0 radical (unpaired) electrons. The van der Waals surface area contributed by atoms with Gasteiger partial charge in [0.25, 0.3) is 11.5 Å². The van der Waals surface area contributed by atoms with Gasteiger partial charge in [0.2, 0.25) is 0 Å². The maximum Gasteiger partial charge on any atom is 0.309 e. The number of benzene rings is 1. The molecule has 1 aromatic heterocycles. The van der Waals surface area contributed by atoms with E-state index >= 15 is 4.39 Å². The predicted octanol–water partition coefficient (Wildman–Crippen LogP) is 3.41. The van der Waals surface area contributed by atoms with E-state index in [9.17, 15) is 24.6 Å². The summed E-state index contributed by atoms with van der Waals surface area (Å²) in [6, 6.07) is 2.85. The lowest BCUT2D eigenvalue weighted by atomic mass is 9.79. The molecular weight excluding hydrogens is 541 g/mol. The normalized spacial score (nSPS) is 23.1. The number of carbonyl (C=O) groups excluding carboxylic acids is 1. The minimum Gasteiger partial charge on any atom is -0.486 e. The summed E-state index contributed by atoms with van der Waals surface area (Å²) in [5.41, 5.74) is -0.323. The molecule has 224 valence electrons. The SMILES string of the molecule is C#CC1CCC2(CC1)C[C@H]2NC(=O)c1c(C)c(-c2cc(F)c3c(c2)N(CC(C)(C)O)CCO3)c(CC(=O)O)n(C)c1=O. The molecule has 3 aliphatic rings. The van der Waals surface area contributed by atoms with Crippen LogP contribution in [0.5, 0.6) is 5.75 Å². The van der Waals surface area contributed by atoms with Crippen LogP contribution in [0.15, 0.2) is 16.9 Å². The van der Waals surface area contributed by atoms with Crippen LogP contribution in [0.3, 0.4) is 0 Å². The Hall–Kier alpha value is -3.84. The van der Waals surface area contributed by atoms with Crippen molar-refractivity contribution in [1.82, 2.24) is 9.88 Å². The molecule has 0 saturated heterocycles. The van der Waals surface area contributed by atoms with Crippen LogP contribution >= 0.6 is 0 Å². The molecule has 2 aromatic rings. The lowest BCUT2D eigenvalue weighted by molar-refractivity contribution is -0.136. The number of hydrogen-bond acceptors (Lipinski definition) is 6. The molecule has 0 bridgehead atoms. The molecule has 1 spiro atoms. The summed E-state index contributed by atoms with van der Waals surface area (Å²) in [7, 11) is 1.43. The van der Waals surface area contributed by atoms with Crippen LogP contribution in [0.1, 0.15) is 67.6 Å². The van der Waals surface area contributed by atoms with Crippen molar-refractivity contribution >= 4 is 17.6 Å². The Morgan fingerprint density at radius 2 is 1.98 bits per heavy atom. The van der Waals surface area contributed by atoms with Gasteiger partial charge in [0, 0.05) is 36.8 Å². The van der Waals surface area contributed by atoms with Crippen LogP contribution in [0.2, 0.25) is 0 Å². The molecule has 3 N–H and O–H groups in total. The smallest absolute Gasteiger partial charge is 0.309 e. The first-order valence-electron chi connectivity index (χ1n) is 14.4. The molecule has 10 heteroatoms. The summed E-state index contributed by atoms with van der Waals surface area (Å²) >= 11 is 0. The number of rotatable bonds is 7. The van der Waals surface area contributed by atoms with Gasteiger partial charge >= 0.3 is 5.97 Å². The van der Waals surface area contributed by atoms with Gasteiger partial charge < -0.3 is 29.7 Å². The predicted molar refractivity (Wildman–Crippen MR) is 156 cm³/mol. The number of carbonyl (C=O) groups is 2. The number of carboxylic acids is 1. The number of terminal acetylenes is 1. The van der Waals surface area contributed by atoms with Gasteiger partial charge in [-0.05, 0) is 81.5 Å². The quantitative estimate of drug-likeness (QED) is 0.430. The van der Waals surface area contributed by atoms with E-state index in [1.807, 2.05) is 4.90 Å². The molecule has 2 aliphatic carbocycles. The molecule has 1 amide bonds. The first kappa shape index (κ1) is 29.6. The van der Waals surface area contributed by atoms with Crippen LogP contribution in [-0.4, -0.2) is 58.0 Å². The van der Waals surface area contributed by atoms with Crippen molar-refractivity contribution in [3.63, 3.8) is 0 Å². The van der Waals surface area contributed by atoms with E-state index in [1.165, 1.54) is 17.7 Å². The number of nitrogens with one attached hydrogen (secondary N) is 1. The summed E-state index contributed by atoms with van der Waals surface area (Å²) in [5, 5.41) is 23.2. The zero-order valence-corrected chi connectivity index (χ0v) is 24.6. The molecule has 5 rings (SSSR count). The zero-order valence-electron chi connectivity index (χ0n) is 24.6. The first-order valence-corrected chi connectivity index (χ1v) is 14.4. The van der Waals surface area contributed by atoms with Gasteiger partial charge in [-0.2, -0.15) is 0 Å². The van der Waals surface area contributed by atoms with Crippen LogP contribution in [0.25, 0.3) is 11.1 Å². The van der Waals surface area contributed by atoms with Gasteiger partial charge in [-0.25, -0.2) is 4.39 Å². The number of aliphatic carboxylic acids is 1. The number of nitrogens with zero attached hydrogens (tertiary/aromatic N) is 2. The molecule has 1 aromatic carbocycles. The number of pyridine rings is 1. The maximum absolute atomic E-state index is 15.5. The average molecular weight is 580 g/mol. The lowest BCUT2D eigenvalue weighted by Crippen LogP contribution is -2.43. The second-order valence-corrected chi connectivity index (χ2v) is 12.7. The molecule has 42 heavy (non-hydrogen) atoms. The van der Waals surface area contributed by atoms with Crippen LogP contribution in [-0.2, 0) is 18.3 Å². The number of fused-ring (bicyclic) bond motifs is 1. The fourth-order valence-electron chi connectivity index (χ4n) is 6.77. The second kappa shape index (κ2) is 10.8. The highest BCUT2D eigenvalue weighted by Gasteiger charge is 2.55. The highest BCUT2D eigenvalue weighted by Crippen LogP contribution is 2.57. The van der Waals surface area contributed by atoms with E-state index in [-0.39, 0.29) is 53.1 Å². The van der Waals surface area contributed by atoms with E-state index in [2.05, 4.69) is 11.2 Å². The maximum atomic E-state index is 15.5. The fraction of sp³-hybridized carbons (Fsp3) is 0.531. The number of aliphatic hydroxyl groups is 1. The van der Waals surface area contributed by atoms with E-state index in [0.29, 0.717) is 23.4 Å². The van der Waals surface area contributed by atoms with Crippen LogP contribution in [0, 0.1) is 36.4 Å². The van der Waals surface area contributed by atoms with Gasteiger partial charge in [0.15, 0.2) is 11.6 Å². The third-order valence-corrected chi connectivity index (χ3v) is 9.06. The second-order valence-electron chi connectivity index (χ2n) is 12.7. The monoisotopic (exact) mass is 579 g/mol. The summed E-state index contributed by atoms with van der Waals surface area (Å²) in [6.45, 7) is 5.76. The number of β-amino-alcohol motifs (C(OH)–C–C–N with tert-alkyl or cyclic N) is 1. The standard InChI is InChI=1S/C32H38FN3O6/c1-6-19-7-9-32(10-8-19)16-24(32)34-29(39)27-18(2)26(22(15-25(37)38)35(5)30(27)40)20-13-21(33)28-23(14-20)36(11-12-42-28)17-31(3,4)41/h1,13-14,19,24,41H,7-12,15-17H2,2-5H3,(H,34,39)(H,37,38)/t19?,24-,32?/m1/s1. The number of aromatic nitrogens is 1. The van der Waals surface area contributed by atoms with Gasteiger partial charge in [0.1, 0.15) is 12.2 Å². The Morgan fingerprint density at radius 3 is 2.60 bits per heavy atom. The minimum atomic E-state index is -1.17. The highest BCUT2D eigenvalue weighted by molar-refractivity contribution is 5.98. The largest absolute Gasteiger partial charge is 0.486 e. The number of halogens is 1. The summed E-state index contributed by atoms with van der Waals surface area (Å²) in [6.07, 6.45) is 9.59. The lowest BCUT2D eigenvalue weighted by Gasteiger charge is -2.35. The number of ether oxygens (including phenoxy) is 1. The number of carboxylic acid groups (broad SMARTS) is 1. The summed E-state index contributed by atoms with van der Waals surface area (Å²) < 4.78 is 22.3. The third-order valence-electron chi connectivity index (χ3n) is 9.06. The van der Waals surface area contributed by atoms with Crippen molar-refractivity contribution in [1.29, 1.82) is 0 Å². The van der Waals surface area contributed by atoms with Gasteiger partial charge in [-0.3, -0.25) is 14.4 Å². The van der Waals surface area contributed by atoms with Crippen molar-refractivity contribution in [2.75, 3.05) is 24.6 Å². The highest BCUT2D eigenvalue weighted by atomic mass is 19.1. The molecule has 1 aliphatic heterocycles. The summed E-state index contributed by atoms with van der Waals surface area (Å²) in [4.78, 5) is 40.9. The third kappa shape index (κ3) is 5.50. The van der Waals surface area contributed by atoms with E-state index < -0.39 is 35.3 Å². The zero-order chi connectivity index (χ0) is 30.6. The summed E-state index contributed by atoms with van der Waals surface area (Å²) in [5.74, 6) is 0.762. The average Bonchev–Trinajstić information content (AvgIpc) is 3.57. The van der Waals surface area contributed by atoms with Gasteiger partial charge in [-0.1, -0.05) is 0 Å². The van der Waals surface area contributed by atoms with Gasteiger partial charge in [-0.15, -0.1) is 12.3 Å². The molecule has 9 nitrogen and oxygen atoms in total. The number of amides is 1. The number of hydrogen-bond donors (Lipinski definition) is 3. The molecule has 0 unspecified atom stereocenters. The molecule has 2 fully saturated rings. The van der Waals surface area contributed by atoms with Gasteiger partial charge in [0.05, 0.1) is 24.3 Å². The topological polar surface area (TPSA) is 121 Å². The Balaban J connectivity index is 1.57. The Morgan fingerprint density at radius 1 is 1.29 bits per heavy atom. The molecular formula is C32H38FN3O6. The van der Waals surface area contributed by atoms with Crippen LogP contribution < -0.4 is 20.5 Å². The fourth-order valence-corrected chi connectivity index (χ4v) is 6.77. The van der Waals surface area contributed by atoms with Crippen molar-refractivity contribution in [3.8, 4) is 29.2 Å². The van der Waals surface area contributed by atoms with Crippen molar-refractivity contribution in [2.45, 2.75) is 70.9 Å².